The average Bonchev–Trinajstić information content (AvgIpc) is 2.49. The molecule has 0 radical (unpaired) electrons. The van der Waals surface area contributed by atoms with Crippen molar-refractivity contribution >= 4 is 34.3 Å². The van der Waals surface area contributed by atoms with Gasteiger partial charge in [0.25, 0.3) is 0 Å². The Hall–Kier alpha value is -1.62. The Bertz CT molecular complexity index is 758. The lowest BCUT2D eigenvalue weighted by Crippen LogP contribution is -1.88. The Balaban J connectivity index is 2.01. The molecule has 0 fully saturated rings. The molecule has 3 rings (SSSR count). The number of aliphatic hydroxyl groups excluding tert-OH is 1. The minimum absolute atomic E-state index is 0.0128. The SMILES string of the molecule is OCc1ccc(Sc2ncnc3ccccc23)c(Cl)c1. The van der Waals surface area contributed by atoms with Gasteiger partial charge in [0.2, 0.25) is 0 Å². The van der Waals surface area contributed by atoms with E-state index in [0.717, 1.165) is 26.4 Å². The average molecular weight is 303 g/mol. The third kappa shape index (κ3) is 2.63. The summed E-state index contributed by atoms with van der Waals surface area (Å²) in [5.74, 6) is 0. The summed E-state index contributed by atoms with van der Waals surface area (Å²) in [6.07, 6.45) is 1.56. The number of para-hydroxylation sites is 1. The molecule has 1 heterocycles. The van der Waals surface area contributed by atoms with Crippen molar-refractivity contribution in [2.24, 2.45) is 0 Å². The minimum atomic E-state index is -0.0128. The van der Waals surface area contributed by atoms with Crippen molar-refractivity contribution in [1.29, 1.82) is 0 Å². The third-order valence-electron chi connectivity index (χ3n) is 2.89. The monoisotopic (exact) mass is 302 g/mol. The molecule has 0 saturated heterocycles. The lowest BCUT2D eigenvalue weighted by Gasteiger charge is -2.07. The molecule has 0 aliphatic heterocycles. The molecule has 3 aromatic rings. The Morgan fingerprint density at radius 2 is 1.95 bits per heavy atom. The van der Waals surface area contributed by atoms with Gasteiger partial charge in [-0.25, -0.2) is 9.97 Å². The molecule has 0 saturated carbocycles. The van der Waals surface area contributed by atoms with Crippen molar-refractivity contribution in [3.63, 3.8) is 0 Å². The number of rotatable bonds is 3. The number of hydrogen-bond donors (Lipinski definition) is 1. The summed E-state index contributed by atoms with van der Waals surface area (Å²) < 4.78 is 0. The van der Waals surface area contributed by atoms with E-state index >= 15 is 0 Å². The molecule has 0 amide bonds. The van der Waals surface area contributed by atoms with Crippen molar-refractivity contribution in [2.75, 3.05) is 0 Å². The molecule has 0 bridgehead atoms. The quantitative estimate of drug-likeness (QED) is 0.745. The van der Waals surface area contributed by atoms with Crippen LogP contribution < -0.4 is 0 Å². The summed E-state index contributed by atoms with van der Waals surface area (Å²) in [5.41, 5.74) is 1.71. The van der Waals surface area contributed by atoms with Crippen LogP contribution in [0.1, 0.15) is 5.56 Å². The highest BCUT2D eigenvalue weighted by atomic mass is 35.5. The van der Waals surface area contributed by atoms with Crippen LogP contribution >= 0.6 is 23.4 Å². The van der Waals surface area contributed by atoms with Crippen molar-refractivity contribution in [2.45, 2.75) is 16.5 Å². The van der Waals surface area contributed by atoms with Crippen LogP contribution in [0.2, 0.25) is 5.02 Å². The molecule has 20 heavy (non-hydrogen) atoms. The van der Waals surface area contributed by atoms with Crippen LogP contribution in [0.4, 0.5) is 0 Å². The Morgan fingerprint density at radius 3 is 2.75 bits per heavy atom. The molecule has 2 aromatic carbocycles. The predicted octanol–water partition coefficient (Wildman–Crippen LogP) is 3.93. The van der Waals surface area contributed by atoms with Crippen LogP contribution in [0, 0.1) is 0 Å². The summed E-state index contributed by atoms with van der Waals surface area (Å²) >= 11 is 7.73. The number of aromatic nitrogens is 2. The number of aliphatic hydroxyl groups is 1. The van der Waals surface area contributed by atoms with Gasteiger partial charge in [0, 0.05) is 10.3 Å². The van der Waals surface area contributed by atoms with Crippen molar-refractivity contribution < 1.29 is 5.11 Å². The molecule has 5 heteroatoms. The highest BCUT2D eigenvalue weighted by Crippen LogP contribution is 2.35. The Labute approximate surface area is 125 Å². The maximum atomic E-state index is 9.10. The summed E-state index contributed by atoms with van der Waals surface area (Å²) in [4.78, 5) is 9.48. The second-order valence-electron chi connectivity index (χ2n) is 4.22. The summed E-state index contributed by atoms with van der Waals surface area (Å²) in [5, 5.41) is 11.6. The van der Waals surface area contributed by atoms with Crippen molar-refractivity contribution in [3.05, 3.63) is 59.4 Å². The van der Waals surface area contributed by atoms with Gasteiger partial charge < -0.3 is 5.11 Å². The smallest absolute Gasteiger partial charge is 0.117 e. The van der Waals surface area contributed by atoms with Gasteiger partial charge in [0.15, 0.2) is 0 Å². The zero-order valence-corrected chi connectivity index (χ0v) is 12.0. The first kappa shape index (κ1) is 13.4. The highest BCUT2D eigenvalue weighted by molar-refractivity contribution is 7.99. The van der Waals surface area contributed by atoms with E-state index in [2.05, 4.69) is 9.97 Å². The molecule has 100 valence electrons. The molecule has 1 N–H and O–H groups in total. The van der Waals surface area contributed by atoms with Crippen LogP contribution in [-0.2, 0) is 6.61 Å². The van der Waals surface area contributed by atoms with E-state index in [1.807, 2.05) is 36.4 Å². The van der Waals surface area contributed by atoms with Crippen molar-refractivity contribution in [1.82, 2.24) is 9.97 Å². The molecule has 0 atom stereocenters. The normalized spacial score (nSPS) is 10.9. The maximum absolute atomic E-state index is 9.10. The van der Waals surface area contributed by atoms with Gasteiger partial charge in [0.05, 0.1) is 17.1 Å². The predicted molar refractivity (Wildman–Crippen MR) is 81.0 cm³/mol. The molecular formula is C15H11ClN2OS. The van der Waals surface area contributed by atoms with E-state index in [1.165, 1.54) is 11.8 Å². The molecule has 0 aliphatic carbocycles. The third-order valence-corrected chi connectivity index (χ3v) is 4.41. The van der Waals surface area contributed by atoms with Crippen LogP contribution in [0.25, 0.3) is 10.9 Å². The second-order valence-corrected chi connectivity index (χ2v) is 5.66. The number of fused-ring (bicyclic) bond motifs is 1. The van der Waals surface area contributed by atoms with Gasteiger partial charge in [0.1, 0.15) is 11.4 Å². The standard InChI is InChI=1S/C15H11ClN2OS/c16-12-7-10(8-19)5-6-14(12)20-15-11-3-1-2-4-13(11)17-9-18-15/h1-7,9,19H,8H2. The highest BCUT2D eigenvalue weighted by Gasteiger charge is 2.08. The van der Waals surface area contributed by atoms with Gasteiger partial charge in [-0.2, -0.15) is 0 Å². The van der Waals surface area contributed by atoms with Crippen LogP contribution in [-0.4, -0.2) is 15.1 Å². The zero-order valence-electron chi connectivity index (χ0n) is 10.5. The van der Waals surface area contributed by atoms with Crippen LogP contribution in [0.3, 0.4) is 0 Å². The van der Waals surface area contributed by atoms with E-state index in [0.29, 0.717) is 5.02 Å². The maximum Gasteiger partial charge on any atom is 0.117 e. The fraction of sp³-hybridized carbons (Fsp3) is 0.0667. The van der Waals surface area contributed by atoms with Gasteiger partial charge >= 0.3 is 0 Å². The largest absolute Gasteiger partial charge is 0.392 e. The van der Waals surface area contributed by atoms with Gasteiger partial charge in [-0.15, -0.1) is 0 Å². The molecule has 0 aliphatic rings. The van der Waals surface area contributed by atoms with Crippen LogP contribution in [0.5, 0.6) is 0 Å². The van der Waals surface area contributed by atoms with E-state index in [-0.39, 0.29) is 6.61 Å². The molecule has 0 unspecified atom stereocenters. The summed E-state index contributed by atoms with van der Waals surface area (Å²) in [6, 6.07) is 13.4. The Morgan fingerprint density at radius 1 is 1.10 bits per heavy atom. The van der Waals surface area contributed by atoms with Gasteiger partial charge in [-0.3, -0.25) is 0 Å². The first-order valence-corrected chi connectivity index (χ1v) is 7.24. The zero-order chi connectivity index (χ0) is 13.9. The number of hydrogen-bond acceptors (Lipinski definition) is 4. The van der Waals surface area contributed by atoms with Crippen molar-refractivity contribution in [3.8, 4) is 0 Å². The first-order chi connectivity index (χ1) is 9.78. The van der Waals surface area contributed by atoms with E-state index < -0.39 is 0 Å². The molecule has 1 aromatic heterocycles. The molecular weight excluding hydrogens is 292 g/mol. The fourth-order valence-electron chi connectivity index (χ4n) is 1.89. The van der Waals surface area contributed by atoms with Gasteiger partial charge in [-0.05, 0) is 23.8 Å². The molecule has 3 nitrogen and oxygen atoms in total. The van der Waals surface area contributed by atoms with E-state index in [4.69, 9.17) is 16.7 Å². The number of halogens is 1. The fourth-order valence-corrected chi connectivity index (χ4v) is 3.09. The minimum Gasteiger partial charge on any atom is -0.392 e. The summed E-state index contributed by atoms with van der Waals surface area (Å²) in [7, 11) is 0. The topological polar surface area (TPSA) is 46.0 Å². The van der Waals surface area contributed by atoms with Crippen LogP contribution in [0.15, 0.2) is 58.7 Å². The Kier molecular flexibility index (Phi) is 3.87. The summed E-state index contributed by atoms with van der Waals surface area (Å²) in [6.45, 7) is -0.0128. The lowest BCUT2D eigenvalue weighted by atomic mass is 10.2. The first-order valence-electron chi connectivity index (χ1n) is 6.05. The van der Waals surface area contributed by atoms with Gasteiger partial charge in [-0.1, -0.05) is 47.6 Å². The van der Waals surface area contributed by atoms with E-state index in [1.54, 1.807) is 12.4 Å². The molecule has 0 spiro atoms. The second kappa shape index (κ2) is 5.79. The number of benzene rings is 2. The lowest BCUT2D eigenvalue weighted by molar-refractivity contribution is 0.282. The number of nitrogens with zero attached hydrogens (tertiary/aromatic N) is 2. The van der Waals surface area contributed by atoms with E-state index in [9.17, 15) is 0 Å².